The van der Waals surface area contributed by atoms with E-state index in [-0.39, 0.29) is 28.3 Å². The van der Waals surface area contributed by atoms with Crippen LogP contribution in [-0.4, -0.2) is 52.2 Å². The number of carbonyl (C=O) groups is 3. The maximum Gasteiger partial charge on any atom is 0.338 e. The lowest BCUT2D eigenvalue weighted by Gasteiger charge is -2.26. The Morgan fingerprint density at radius 2 is 1.86 bits per heavy atom. The maximum atomic E-state index is 13.3. The summed E-state index contributed by atoms with van der Waals surface area (Å²) in [7, 11) is -3.89. The number of benzene rings is 2. The first-order valence-corrected chi connectivity index (χ1v) is 12.5. The van der Waals surface area contributed by atoms with Crippen LogP contribution in [0.15, 0.2) is 64.7 Å². The molecule has 2 aromatic carbocycles. The molecule has 10 nitrogen and oxygen atoms in total. The fourth-order valence-electron chi connectivity index (χ4n) is 4.08. The zero-order chi connectivity index (χ0) is 25.2. The Morgan fingerprint density at radius 3 is 2.63 bits per heavy atom. The average molecular weight is 500 g/mol. The predicted molar refractivity (Wildman–Crippen MR) is 126 cm³/mol. The second-order valence-corrected chi connectivity index (χ2v) is 9.86. The molecule has 1 atom stereocenters. The summed E-state index contributed by atoms with van der Waals surface area (Å²) in [5, 5.41) is 5.03. The van der Waals surface area contributed by atoms with Crippen molar-refractivity contribution in [1.29, 1.82) is 0 Å². The van der Waals surface area contributed by atoms with Gasteiger partial charge in [0.15, 0.2) is 0 Å². The van der Waals surface area contributed by atoms with E-state index in [2.05, 4.69) is 10.6 Å². The van der Waals surface area contributed by atoms with Gasteiger partial charge in [0, 0.05) is 6.54 Å². The highest BCUT2D eigenvalue weighted by Gasteiger charge is 2.32. The molecule has 2 aromatic rings. The SMILES string of the molecule is CCOC(=O)C1=C(COC(=O)c2cccc(S(=O)(=O)N3CCc4ccccc43)c2)NC(=O)N[C@@H]1C. The normalized spacial score (nSPS) is 17.4. The van der Waals surface area contributed by atoms with Gasteiger partial charge in [-0.2, -0.15) is 0 Å². The highest BCUT2D eigenvalue weighted by Crippen LogP contribution is 2.32. The highest BCUT2D eigenvalue weighted by molar-refractivity contribution is 7.92. The minimum Gasteiger partial charge on any atom is -0.463 e. The Hall–Kier alpha value is -3.86. The molecule has 0 unspecified atom stereocenters. The van der Waals surface area contributed by atoms with Crippen molar-refractivity contribution < 1.29 is 32.3 Å². The molecule has 2 heterocycles. The van der Waals surface area contributed by atoms with E-state index >= 15 is 0 Å². The lowest BCUT2D eigenvalue weighted by molar-refractivity contribution is -0.139. The second kappa shape index (κ2) is 9.79. The number of para-hydroxylation sites is 1. The third-order valence-corrected chi connectivity index (χ3v) is 7.52. The predicted octanol–water partition coefficient (Wildman–Crippen LogP) is 2.11. The summed E-state index contributed by atoms with van der Waals surface area (Å²) in [6.45, 7) is 3.31. The van der Waals surface area contributed by atoms with Gasteiger partial charge in [0.05, 0.1) is 40.1 Å². The Kier molecular flexibility index (Phi) is 6.79. The van der Waals surface area contributed by atoms with Crippen molar-refractivity contribution in [2.24, 2.45) is 0 Å². The summed E-state index contributed by atoms with van der Waals surface area (Å²) in [6, 6.07) is 11.7. The monoisotopic (exact) mass is 499 g/mol. The molecule has 2 N–H and O–H groups in total. The molecule has 2 amide bonds. The van der Waals surface area contributed by atoms with Crippen molar-refractivity contribution >= 4 is 33.7 Å². The lowest BCUT2D eigenvalue weighted by Crippen LogP contribution is -2.50. The summed E-state index contributed by atoms with van der Waals surface area (Å²) >= 11 is 0. The summed E-state index contributed by atoms with van der Waals surface area (Å²) in [4.78, 5) is 36.9. The molecule has 0 fully saturated rings. The van der Waals surface area contributed by atoms with Gasteiger partial charge in [0.1, 0.15) is 6.61 Å². The van der Waals surface area contributed by atoms with E-state index in [4.69, 9.17) is 9.47 Å². The number of ether oxygens (including phenoxy) is 2. The minimum atomic E-state index is -3.89. The number of anilines is 1. The maximum absolute atomic E-state index is 13.3. The fourth-order valence-corrected chi connectivity index (χ4v) is 5.63. The van der Waals surface area contributed by atoms with Crippen LogP contribution in [0.3, 0.4) is 0 Å². The molecule has 0 bridgehead atoms. The van der Waals surface area contributed by atoms with Crippen LogP contribution in [-0.2, 0) is 30.7 Å². The first-order chi connectivity index (χ1) is 16.7. The second-order valence-electron chi connectivity index (χ2n) is 7.99. The quantitative estimate of drug-likeness (QED) is 0.558. The van der Waals surface area contributed by atoms with E-state index in [1.54, 1.807) is 26.0 Å². The first-order valence-electron chi connectivity index (χ1n) is 11.1. The third kappa shape index (κ3) is 4.85. The number of esters is 2. The Balaban J connectivity index is 1.54. The van der Waals surface area contributed by atoms with Gasteiger partial charge >= 0.3 is 18.0 Å². The number of rotatable bonds is 7. The average Bonchev–Trinajstić information content (AvgIpc) is 3.27. The molecule has 2 aliphatic heterocycles. The zero-order valence-electron chi connectivity index (χ0n) is 19.2. The standard InChI is InChI=1S/C24H25N3O7S/c1-3-33-23(29)21-15(2)25-24(30)26-19(21)14-34-22(28)17-8-6-9-18(13-17)35(31,32)27-12-11-16-7-4-5-10-20(16)27/h4-10,13,15H,3,11-12,14H2,1-2H3,(H2,25,26,30)/t15-/m1/s1. The molecule has 0 aromatic heterocycles. The molecule has 0 saturated heterocycles. The Morgan fingerprint density at radius 1 is 1.09 bits per heavy atom. The van der Waals surface area contributed by atoms with Gasteiger partial charge in [-0.1, -0.05) is 24.3 Å². The smallest absolute Gasteiger partial charge is 0.338 e. The molecule has 2 aliphatic rings. The molecular weight excluding hydrogens is 474 g/mol. The molecule has 0 spiro atoms. The van der Waals surface area contributed by atoms with Crippen molar-refractivity contribution in [3.63, 3.8) is 0 Å². The number of sulfonamides is 1. The summed E-state index contributed by atoms with van der Waals surface area (Å²) in [6.07, 6.45) is 0.605. The number of nitrogens with one attached hydrogen (secondary N) is 2. The van der Waals surface area contributed by atoms with Crippen LogP contribution in [0, 0.1) is 0 Å². The van der Waals surface area contributed by atoms with Crippen molar-refractivity contribution in [2.75, 3.05) is 24.1 Å². The van der Waals surface area contributed by atoms with E-state index in [0.717, 1.165) is 5.56 Å². The van der Waals surface area contributed by atoms with E-state index in [0.29, 0.717) is 18.7 Å². The lowest BCUT2D eigenvalue weighted by atomic mass is 10.0. The van der Waals surface area contributed by atoms with Crippen LogP contribution >= 0.6 is 0 Å². The third-order valence-electron chi connectivity index (χ3n) is 5.72. The largest absolute Gasteiger partial charge is 0.463 e. The Labute approximate surface area is 202 Å². The van der Waals surface area contributed by atoms with Gasteiger partial charge in [-0.15, -0.1) is 0 Å². The van der Waals surface area contributed by atoms with E-state index in [9.17, 15) is 22.8 Å². The fraction of sp³-hybridized carbons (Fsp3) is 0.292. The topological polar surface area (TPSA) is 131 Å². The summed E-state index contributed by atoms with van der Waals surface area (Å²) in [5.41, 5.74) is 1.82. The molecule has 4 rings (SSSR count). The van der Waals surface area contributed by atoms with Crippen molar-refractivity contribution in [2.45, 2.75) is 31.2 Å². The molecule has 11 heteroatoms. The first kappa shape index (κ1) is 24.3. The minimum absolute atomic E-state index is 0.0187. The Bertz CT molecular complexity index is 1320. The van der Waals surface area contributed by atoms with E-state index in [1.807, 2.05) is 12.1 Å². The van der Waals surface area contributed by atoms with Gasteiger partial charge in [0.2, 0.25) is 0 Å². The summed E-state index contributed by atoms with van der Waals surface area (Å²) < 4.78 is 38.3. The zero-order valence-corrected chi connectivity index (χ0v) is 20.1. The van der Waals surface area contributed by atoms with Gasteiger partial charge in [0.25, 0.3) is 10.0 Å². The molecule has 184 valence electrons. The number of hydrogen-bond donors (Lipinski definition) is 2. The molecule has 35 heavy (non-hydrogen) atoms. The number of amides is 2. The summed E-state index contributed by atoms with van der Waals surface area (Å²) in [5.74, 6) is -1.45. The number of fused-ring (bicyclic) bond motifs is 1. The van der Waals surface area contributed by atoms with Crippen LogP contribution in [0.2, 0.25) is 0 Å². The van der Waals surface area contributed by atoms with Crippen molar-refractivity contribution in [3.8, 4) is 0 Å². The van der Waals surface area contributed by atoms with Gasteiger partial charge in [-0.3, -0.25) is 4.31 Å². The van der Waals surface area contributed by atoms with Gasteiger partial charge in [-0.25, -0.2) is 22.8 Å². The van der Waals surface area contributed by atoms with Crippen LogP contribution in [0.25, 0.3) is 0 Å². The number of urea groups is 1. The van der Waals surface area contributed by atoms with E-state index in [1.165, 1.54) is 28.6 Å². The van der Waals surface area contributed by atoms with Crippen LogP contribution in [0.5, 0.6) is 0 Å². The van der Waals surface area contributed by atoms with Gasteiger partial charge < -0.3 is 20.1 Å². The van der Waals surface area contributed by atoms with Crippen LogP contribution in [0.4, 0.5) is 10.5 Å². The van der Waals surface area contributed by atoms with E-state index < -0.39 is 40.6 Å². The van der Waals surface area contributed by atoms with Crippen LogP contribution in [0.1, 0.15) is 29.8 Å². The number of carbonyl (C=O) groups excluding carboxylic acids is 3. The van der Waals surface area contributed by atoms with Crippen LogP contribution < -0.4 is 14.9 Å². The highest BCUT2D eigenvalue weighted by atomic mass is 32.2. The number of hydrogen-bond acceptors (Lipinski definition) is 7. The number of nitrogens with zero attached hydrogens (tertiary/aromatic N) is 1. The molecular formula is C24H25N3O7S. The molecule has 0 aliphatic carbocycles. The molecule has 0 radical (unpaired) electrons. The van der Waals surface area contributed by atoms with Crippen molar-refractivity contribution in [1.82, 2.24) is 10.6 Å². The molecule has 0 saturated carbocycles. The van der Waals surface area contributed by atoms with Crippen molar-refractivity contribution in [3.05, 3.63) is 70.9 Å². The van der Waals surface area contributed by atoms with Gasteiger partial charge in [-0.05, 0) is 50.1 Å².